The van der Waals surface area contributed by atoms with Crippen LogP contribution in [0.2, 0.25) is 0 Å². The number of anilines is 1. The summed E-state index contributed by atoms with van der Waals surface area (Å²) in [5, 5.41) is 0. The van der Waals surface area contributed by atoms with Crippen molar-refractivity contribution >= 4 is 23.4 Å². The van der Waals surface area contributed by atoms with Crippen molar-refractivity contribution in [3.05, 3.63) is 53.6 Å². The SMILES string of the molecule is CC(C)(C)c1ccc(Sc2ccc(N)cc2C(N)=O)cc1. The zero-order chi connectivity index (χ0) is 15.6. The number of carbonyl (C=O) groups is 1. The van der Waals surface area contributed by atoms with Gasteiger partial charge in [0.25, 0.3) is 0 Å². The third-order valence-corrected chi connectivity index (χ3v) is 4.30. The lowest BCUT2D eigenvalue weighted by Crippen LogP contribution is -2.12. The summed E-state index contributed by atoms with van der Waals surface area (Å²) in [6.45, 7) is 6.54. The number of nitrogens with two attached hydrogens (primary N) is 2. The summed E-state index contributed by atoms with van der Waals surface area (Å²) in [5.41, 5.74) is 13.5. The van der Waals surface area contributed by atoms with E-state index in [4.69, 9.17) is 11.5 Å². The Bertz CT molecular complexity index is 657. The first kappa shape index (κ1) is 15.4. The van der Waals surface area contributed by atoms with E-state index in [2.05, 4.69) is 45.0 Å². The first-order chi connectivity index (χ1) is 9.77. The monoisotopic (exact) mass is 300 g/mol. The van der Waals surface area contributed by atoms with E-state index in [0.717, 1.165) is 9.79 Å². The van der Waals surface area contributed by atoms with E-state index < -0.39 is 5.91 Å². The molecule has 0 saturated heterocycles. The number of nitrogen functional groups attached to an aromatic ring is 1. The molecule has 0 bridgehead atoms. The topological polar surface area (TPSA) is 69.1 Å². The lowest BCUT2D eigenvalue weighted by Gasteiger charge is -2.19. The van der Waals surface area contributed by atoms with Crippen LogP contribution in [0.15, 0.2) is 52.3 Å². The van der Waals surface area contributed by atoms with Gasteiger partial charge in [-0.1, -0.05) is 44.7 Å². The van der Waals surface area contributed by atoms with Crippen molar-refractivity contribution < 1.29 is 4.79 Å². The Kier molecular flexibility index (Phi) is 4.28. The van der Waals surface area contributed by atoms with E-state index in [-0.39, 0.29) is 5.41 Å². The molecule has 0 unspecified atom stereocenters. The van der Waals surface area contributed by atoms with Crippen LogP contribution in [0.25, 0.3) is 0 Å². The molecule has 0 atom stereocenters. The lowest BCUT2D eigenvalue weighted by atomic mass is 9.87. The van der Waals surface area contributed by atoms with E-state index in [0.29, 0.717) is 11.3 Å². The smallest absolute Gasteiger partial charge is 0.249 e. The largest absolute Gasteiger partial charge is 0.399 e. The molecule has 0 heterocycles. The number of carbonyl (C=O) groups excluding carboxylic acids is 1. The van der Waals surface area contributed by atoms with Crippen molar-refractivity contribution in [2.24, 2.45) is 5.73 Å². The molecule has 0 spiro atoms. The molecule has 0 saturated carbocycles. The third kappa shape index (κ3) is 3.79. The maximum Gasteiger partial charge on any atom is 0.249 e. The van der Waals surface area contributed by atoms with Gasteiger partial charge in [-0.05, 0) is 41.3 Å². The van der Waals surface area contributed by atoms with Crippen molar-refractivity contribution in [3.8, 4) is 0 Å². The van der Waals surface area contributed by atoms with E-state index in [1.165, 1.54) is 17.3 Å². The maximum absolute atomic E-state index is 11.5. The highest BCUT2D eigenvalue weighted by atomic mass is 32.2. The van der Waals surface area contributed by atoms with Gasteiger partial charge in [-0.25, -0.2) is 0 Å². The fourth-order valence-corrected chi connectivity index (χ4v) is 2.91. The molecule has 2 aromatic rings. The molecule has 4 N–H and O–H groups in total. The summed E-state index contributed by atoms with van der Waals surface area (Å²) in [6.07, 6.45) is 0. The Morgan fingerprint density at radius 2 is 1.67 bits per heavy atom. The van der Waals surface area contributed by atoms with Gasteiger partial charge in [0.05, 0.1) is 5.56 Å². The van der Waals surface area contributed by atoms with Gasteiger partial charge in [-0.3, -0.25) is 4.79 Å². The molecule has 0 radical (unpaired) electrons. The fraction of sp³-hybridized carbons (Fsp3) is 0.235. The lowest BCUT2D eigenvalue weighted by molar-refractivity contribution is 0.0997. The van der Waals surface area contributed by atoms with E-state index in [9.17, 15) is 4.79 Å². The summed E-state index contributed by atoms with van der Waals surface area (Å²) in [6, 6.07) is 13.6. The average Bonchev–Trinajstić information content (AvgIpc) is 2.40. The minimum absolute atomic E-state index is 0.128. The fourth-order valence-electron chi connectivity index (χ4n) is 1.98. The maximum atomic E-state index is 11.5. The number of hydrogen-bond donors (Lipinski definition) is 2. The second-order valence-electron chi connectivity index (χ2n) is 6.00. The van der Waals surface area contributed by atoms with Crippen molar-refractivity contribution in [2.75, 3.05) is 5.73 Å². The molecule has 3 nitrogen and oxygen atoms in total. The molecule has 21 heavy (non-hydrogen) atoms. The second-order valence-corrected chi connectivity index (χ2v) is 7.11. The van der Waals surface area contributed by atoms with E-state index in [1.807, 2.05) is 6.07 Å². The van der Waals surface area contributed by atoms with Gasteiger partial charge in [0.1, 0.15) is 0 Å². The molecule has 1 amide bonds. The predicted molar refractivity (Wildman–Crippen MR) is 88.6 cm³/mol. The molecule has 4 heteroatoms. The number of amides is 1. The number of hydrogen-bond acceptors (Lipinski definition) is 3. The number of primary amides is 1. The van der Waals surface area contributed by atoms with Crippen LogP contribution in [0.3, 0.4) is 0 Å². The number of benzene rings is 2. The zero-order valence-corrected chi connectivity index (χ0v) is 13.3. The second kappa shape index (κ2) is 5.82. The Morgan fingerprint density at radius 3 is 2.19 bits per heavy atom. The van der Waals surface area contributed by atoms with Crippen LogP contribution in [0.5, 0.6) is 0 Å². The molecule has 110 valence electrons. The Balaban J connectivity index is 2.28. The van der Waals surface area contributed by atoms with Gasteiger partial charge in [-0.15, -0.1) is 0 Å². The van der Waals surface area contributed by atoms with Crippen molar-refractivity contribution in [2.45, 2.75) is 36.0 Å². The third-order valence-electron chi connectivity index (χ3n) is 3.22. The highest BCUT2D eigenvalue weighted by molar-refractivity contribution is 7.99. The Morgan fingerprint density at radius 1 is 1.05 bits per heavy atom. The van der Waals surface area contributed by atoms with Crippen LogP contribution in [-0.2, 0) is 5.41 Å². The minimum atomic E-state index is -0.462. The van der Waals surface area contributed by atoms with Gasteiger partial charge in [0.15, 0.2) is 0 Å². The molecule has 2 rings (SSSR count). The Labute approximate surface area is 129 Å². The van der Waals surface area contributed by atoms with E-state index >= 15 is 0 Å². The normalized spacial score (nSPS) is 11.4. The van der Waals surface area contributed by atoms with Crippen molar-refractivity contribution in [1.82, 2.24) is 0 Å². The van der Waals surface area contributed by atoms with Gasteiger partial charge >= 0.3 is 0 Å². The summed E-state index contributed by atoms with van der Waals surface area (Å²) < 4.78 is 0. The highest BCUT2D eigenvalue weighted by Crippen LogP contribution is 2.33. The first-order valence-corrected chi connectivity index (χ1v) is 7.57. The van der Waals surface area contributed by atoms with Crippen molar-refractivity contribution in [3.63, 3.8) is 0 Å². The van der Waals surface area contributed by atoms with Crippen LogP contribution >= 0.6 is 11.8 Å². The molecular weight excluding hydrogens is 280 g/mol. The van der Waals surface area contributed by atoms with Crippen LogP contribution in [0.1, 0.15) is 36.7 Å². The summed E-state index contributed by atoms with van der Waals surface area (Å²) in [7, 11) is 0. The Hall–Kier alpha value is -1.94. The molecule has 0 aliphatic heterocycles. The quantitative estimate of drug-likeness (QED) is 0.847. The van der Waals surface area contributed by atoms with Gasteiger partial charge in [-0.2, -0.15) is 0 Å². The van der Waals surface area contributed by atoms with Crippen LogP contribution < -0.4 is 11.5 Å². The summed E-state index contributed by atoms with van der Waals surface area (Å²) in [4.78, 5) is 13.4. The minimum Gasteiger partial charge on any atom is -0.399 e. The summed E-state index contributed by atoms with van der Waals surface area (Å²) in [5.74, 6) is -0.462. The molecule has 0 aliphatic rings. The van der Waals surface area contributed by atoms with Crippen LogP contribution in [-0.4, -0.2) is 5.91 Å². The highest BCUT2D eigenvalue weighted by Gasteiger charge is 2.14. The van der Waals surface area contributed by atoms with Crippen LogP contribution in [0.4, 0.5) is 5.69 Å². The molecular formula is C17H20N2OS. The average molecular weight is 300 g/mol. The van der Waals surface area contributed by atoms with Gasteiger partial charge in [0.2, 0.25) is 5.91 Å². The molecule has 2 aromatic carbocycles. The molecule has 0 aliphatic carbocycles. The number of rotatable bonds is 3. The van der Waals surface area contributed by atoms with Gasteiger partial charge < -0.3 is 11.5 Å². The molecule has 0 fully saturated rings. The molecule has 0 aromatic heterocycles. The zero-order valence-electron chi connectivity index (χ0n) is 12.5. The van der Waals surface area contributed by atoms with E-state index in [1.54, 1.807) is 12.1 Å². The van der Waals surface area contributed by atoms with Crippen molar-refractivity contribution in [1.29, 1.82) is 0 Å². The van der Waals surface area contributed by atoms with Crippen LogP contribution in [0, 0.1) is 0 Å². The predicted octanol–water partition coefficient (Wildman–Crippen LogP) is 3.82. The first-order valence-electron chi connectivity index (χ1n) is 6.75. The van der Waals surface area contributed by atoms with Gasteiger partial charge in [0, 0.05) is 15.5 Å². The summed E-state index contributed by atoms with van der Waals surface area (Å²) >= 11 is 1.51. The standard InChI is InChI=1S/C17H20N2OS/c1-17(2,3)11-4-7-13(8-5-11)21-15-9-6-12(18)10-14(15)16(19)20/h4-10H,18H2,1-3H3,(H2,19,20).